The zero-order valence-electron chi connectivity index (χ0n) is 23.9. The molecule has 3 aromatic carbocycles. The van der Waals surface area contributed by atoms with Crippen molar-refractivity contribution < 1.29 is 0 Å². The van der Waals surface area contributed by atoms with E-state index in [4.69, 9.17) is 4.98 Å². The van der Waals surface area contributed by atoms with Crippen molar-refractivity contribution in [2.75, 3.05) is 0 Å². The SMILES string of the molecule is C1=Cc2c(n(-c3cccc(-c4cccc(-c5cccc(-n6c7ccccc7c7cnccc76)c5)n4)c3)c3ccncc23)CC1. The van der Waals surface area contributed by atoms with E-state index in [-0.39, 0.29) is 0 Å². The van der Waals surface area contributed by atoms with Gasteiger partial charge in [0.15, 0.2) is 0 Å². The summed E-state index contributed by atoms with van der Waals surface area (Å²) in [6.07, 6.45) is 14.3. The zero-order chi connectivity index (χ0) is 29.0. The number of hydrogen-bond donors (Lipinski definition) is 0. The minimum Gasteiger partial charge on any atom is -0.313 e. The monoisotopic (exact) mass is 565 g/mol. The molecule has 9 rings (SSSR count). The molecule has 5 heteroatoms. The fourth-order valence-corrected chi connectivity index (χ4v) is 6.82. The van der Waals surface area contributed by atoms with E-state index >= 15 is 0 Å². The van der Waals surface area contributed by atoms with Crippen LogP contribution in [0.25, 0.3) is 72.7 Å². The molecule has 0 atom stereocenters. The van der Waals surface area contributed by atoms with Crippen LogP contribution in [0.2, 0.25) is 0 Å². The number of hydrogen-bond acceptors (Lipinski definition) is 3. The fraction of sp³-hybridized carbons (Fsp3) is 0.0513. The third kappa shape index (κ3) is 3.83. The summed E-state index contributed by atoms with van der Waals surface area (Å²) in [6.45, 7) is 0. The van der Waals surface area contributed by atoms with Crippen molar-refractivity contribution in [1.29, 1.82) is 0 Å². The van der Waals surface area contributed by atoms with Crippen LogP contribution in [-0.4, -0.2) is 24.1 Å². The number of benzene rings is 3. The summed E-state index contributed by atoms with van der Waals surface area (Å²) in [5.74, 6) is 0. The van der Waals surface area contributed by atoms with Gasteiger partial charge >= 0.3 is 0 Å². The number of allylic oxidation sites excluding steroid dienone is 1. The van der Waals surface area contributed by atoms with E-state index in [1.54, 1.807) is 0 Å². The molecule has 0 bridgehead atoms. The number of rotatable bonds is 4. The molecule has 0 aliphatic heterocycles. The van der Waals surface area contributed by atoms with E-state index in [1.165, 1.54) is 27.5 Å². The van der Waals surface area contributed by atoms with Gasteiger partial charge in [0, 0.05) is 74.7 Å². The van der Waals surface area contributed by atoms with Crippen molar-refractivity contribution in [1.82, 2.24) is 24.1 Å². The van der Waals surface area contributed by atoms with E-state index in [2.05, 4.69) is 134 Å². The van der Waals surface area contributed by atoms with Crippen molar-refractivity contribution in [2.45, 2.75) is 12.8 Å². The predicted molar refractivity (Wildman–Crippen MR) is 179 cm³/mol. The average Bonchev–Trinajstić information content (AvgIpc) is 3.62. The summed E-state index contributed by atoms with van der Waals surface area (Å²) in [7, 11) is 0. The summed E-state index contributed by atoms with van der Waals surface area (Å²) >= 11 is 0. The molecule has 5 heterocycles. The lowest BCUT2D eigenvalue weighted by molar-refractivity contribution is 0.888. The van der Waals surface area contributed by atoms with Gasteiger partial charge in [-0.15, -0.1) is 0 Å². The van der Waals surface area contributed by atoms with Gasteiger partial charge in [0.1, 0.15) is 0 Å². The first-order valence-electron chi connectivity index (χ1n) is 15.0. The van der Waals surface area contributed by atoms with Gasteiger partial charge in [0.25, 0.3) is 0 Å². The second-order valence-electron chi connectivity index (χ2n) is 11.3. The van der Waals surface area contributed by atoms with Crippen molar-refractivity contribution >= 4 is 38.8 Å². The first-order chi connectivity index (χ1) is 21.8. The Morgan fingerprint density at radius 2 is 1.18 bits per heavy atom. The smallest absolute Gasteiger partial charge is 0.0710 e. The number of para-hydroxylation sites is 1. The predicted octanol–water partition coefficient (Wildman–Crippen LogP) is 9.21. The van der Waals surface area contributed by atoms with Gasteiger partial charge in [0.05, 0.1) is 27.9 Å². The Morgan fingerprint density at radius 1 is 0.545 bits per heavy atom. The number of pyridine rings is 3. The van der Waals surface area contributed by atoms with Crippen LogP contribution in [-0.2, 0) is 6.42 Å². The minimum atomic E-state index is 0.942. The minimum absolute atomic E-state index is 0.942. The van der Waals surface area contributed by atoms with Crippen LogP contribution in [0.5, 0.6) is 0 Å². The Balaban J connectivity index is 1.14. The molecule has 0 amide bonds. The van der Waals surface area contributed by atoms with E-state index in [1.807, 2.05) is 24.8 Å². The Labute approximate surface area is 254 Å². The van der Waals surface area contributed by atoms with Crippen LogP contribution in [0.1, 0.15) is 17.7 Å². The van der Waals surface area contributed by atoms with E-state index in [0.717, 1.165) is 63.2 Å². The highest BCUT2D eigenvalue weighted by Crippen LogP contribution is 2.35. The molecular formula is C39H27N5. The molecule has 0 unspecified atom stereocenters. The van der Waals surface area contributed by atoms with Crippen LogP contribution in [0.15, 0.2) is 134 Å². The molecule has 8 aromatic rings. The van der Waals surface area contributed by atoms with E-state index in [9.17, 15) is 0 Å². The summed E-state index contributed by atoms with van der Waals surface area (Å²) < 4.78 is 4.71. The van der Waals surface area contributed by atoms with Gasteiger partial charge in [-0.2, -0.15) is 0 Å². The molecule has 1 aliphatic carbocycles. The second-order valence-corrected chi connectivity index (χ2v) is 11.3. The molecule has 0 fully saturated rings. The zero-order valence-corrected chi connectivity index (χ0v) is 23.9. The Morgan fingerprint density at radius 3 is 1.95 bits per heavy atom. The van der Waals surface area contributed by atoms with Gasteiger partial charge in [0.2, 0.25) is 0 Å². The third-order valence-electron chi connectivity index (χ3n) is 8.77. The lowest BCUT2D eigenvalue weighted by Crippen LogP contribution is -2.03. The highest BCUT2D eigenvalue weighted by molar-refractivity contribution is 6.08. The highest BCUT2D eigenvalue weighted by Gasteiger charge is 2.19. The summed E-state index contributed by atoms with van der Waals surface area (Å²) in [4.78, 5) is 14.0. The summed E-state index contributed by atoms with van der Waals surface area (Å²) in [5.41, 5.74) is 12.4. The second kappa shape index (κ2) is 9.89. The van der Waals surface area contributed by atoms with Crippen LogP contribution in [0.3, 0.4) is 0 Å². The van der Waals surface area contributed by atoms with Gasteiger partial charge in [-0.3, -0.25) is 9.97 Å². The topological polar surface area (TPSA) is 48.5 Å². The van der Waals surface area contributed by atoms with Gasteiger partial charge in [-0.1, -0.05) is 60.7 Å². The largest absolute Gasteiger partial charge is 0.313 e. The average molecular weight is 566 g/mol. The molecule has 0 saturated heterocycles. The molecule has 0 radical (unpaired) electrons. The molecule has 1 aliphatic rings. The molecule has 5 aromatic heterocycles. The normalized spacial score (nSPS) is 12.7. The van der Waals surface area contributed by atoms with Crippen LogP contribution < -0.4 is 0 Å². The molecule has 208 valence electrons. The van der Waals surface area contributed by atoms with Gasteiger partial charge in [-0.25, -0.2) is 4.98 Å². The molecule has 44 heavy (non-hydrogen) atoms. The molecule has 5 nitrogen and oxygen atoms in total. The highest BCUT2D eigenvalue weighted by atomic mass is 15.0. The van der Waals surface area contributed by atoms with Crippen LogP contribution in [0.4, 0.5) is 0 Å². The quantitative estimate of drug-likeness (QED) is 0.214. The van der Waals surface area contributed by atoms with Gasteiger partial charge in [-0.05, 0) is 67.4 Å². The van der Waals surface area contributed by atoms with Crippen LogP contribution >= 0.6 is 0 Å². The van der Waals surface area contributed by atoms with E-state index in [0.29, 0.717) is 0 Å². The fourth-order valence-electron chi connectivity index (χ4n) is 6.82. The summed E-state index contributed by atoms with van der Waals surface area (Å²) in [5, 5.41) is 3.55. The molecule has 0 N–H and O–H groups in total. The Bertz CT molecular complexity index is 2360. The van der Waals surface area contributed by atoms with E-state index < -0.39 is 0 Å². The van der Waals surface area contributed by atoms with Crippen molar-refractivity contribution in [2.24, 2.45) is 0 Å². The van der Waals surface area contributed by atoms with Crippen molar-refractivity contribution in [3.8, 4) is 33.9 Å². The number of aromatic nitrogens is 5. The maximum absolute atomic E-state index is 5.18. The maximum atomic E-state index is 5.18. The summed E-state index contributed by atoms with van der Waals surface area (Å²) in [6, 6.07) is 36.4. The van der Waals surface area contributed by atoms with Gasteiger partial charge < -0.3 is 9.13 Å². The van der Waals surface area contributed by atoms with Crippen molar-refractivity contribution in [3.05, 3.63) is 145 Å². The molecule has 0 saturated carbocycles. The molecule has 0 spiro atoms. The number of nitrogens with zero attached hydrogens (tertiary/aromatic N) is 5. The molecular weight excluding hydrogens is 538 g/mol. The van der Waals surface area contributed by atoms with Crippen LogP contribution in [0, 0.1) is 0 Å². The van der Waals surface area contributed by atoms with Crippen molar-refractivity contribution in [3.63, 3.8) is 0 Å². The Hall–Kier alpha value is -5.81. The Kier molecular flexibility index (Phi) is 5.56. The standard InChI is InChI=1S/C39H27N5/c1-3-16-36-30(12-1)32-24-40-20-18-38(32)43(36)28-10-5-8-26(22-28)34-14-7-15-35(42-34)27-9-6-11-29(23-27)44-37-17-4-2-13-31(37)33-25-41-21-19-39(33)44/h1-3,5-16,18-25H,4,17H2. The maximum Gasteiger partial charge on any atom is 0.0710 e. The number of fused-ring (bicyclic) bond motifs is 6. The first kappa shape index (κ1) is 24.8. The third-order valence-corrected chi connectivity index (χ3v) is 8.77. The first-order valence-corrected chi connectivity index (χ1v) is 15.0. The lowest BCUT2D eigenvalue weighted by Gasteiger charge is -2.14. The lowest BCUT2D eigenvalue weighted by atomic mass is 10.0.